The highest BCUT2D eigenvalue weighted by Crippen LogP contribution is 2.22. The van der Waals surface area contributed by atoms with Crippen molar-refractivity contribution in [3.63, 3.8) is 0 Å². The van der Waals surface area contributed by atoms with Crippen LogP contribution in [0.15, 0.2) is 24.3 Å². The quantitative estimate of drug-likeness (QED) is 0.839. The minimum atomic E-state index is -4.61. The highest BCUT2D eigenvalue weighted by molar-refractivity contribution is 5.48. The zero-order chi connectivity index (χ0) is 14.5. The standard InChI is InChI=1S/C13H18F3NO2/c1-3-9(2)19-11-6-4-5-10(7-11)17-8-12(18)13(14,15)16/h4-7,9,12,17-18H,3,8H2,1-2H3. The molecule has 0 heterocycles. The summed E-state index contributed by atoms with van der Waals surface area (Å²) in [5, 5.41) is 11.4. The van der Waals surface area contributed by atoms with Crippen LogP contribution in [0.4, 0.5) is 18.9 Å². The summed E-state index contributed by atoms with van der Waals surface area (Å²) in [5.41, 5.74) is 0.476. The third-order valence-corrected chi connectivity index (χ3v) is 2.62. The Hall–Kier alpha value is -1.43. The van der Waals surface area contributed by atoms with Crippen LogP contribution < -0.4 is 10.1 Å². The number of hydrogen-bond acceptors (Lipinski definition) is 3. The molecule has 0 aromatic heterocycles. The van der Waals surface area contributed by atoms with Gasteiger partial charge in [-0.15, -0.1) is 0 Å². The molecule has 2 unspecified atom stereocenters. The molecule has 0 aliphatic carbocycles. The summed E-state index contributed by atoms with van der Waals surface area (Å²) < 4.78 is 42.0. The molecule has 19 heavy (non-hydrogen) atoms. The van der Waals surface area contributed by atoms with Crippen LogP contribution in [0, 0.1) is 0 Å². The Morgan fingerprint density at radius 2 is 2.05 bits per heavy atom. The number of ether oxygens (including phenoxy) is 1. The number of hydrogen-bond donors (Lipinski definition) is 2. The third-order valence-electron chi connectivity index (χ3n) is 2.62. The van der Waals surface area contributed by atoms with Crippen molar-refractivity contribution in [2.75, 3.05) is 11.9 Å². The van der Waals surface area contributed by atoms with Gasteiger partial charge in [-0.1, -0.05) is 13.0 Å². The fourth-order valence-electron chi connectivity index (χ4n) is 1.33. The van der Waals surface area contributed by atoms with Crippen molar-refractivity contribution in [2.45, 2.75) is 38.7 Å². The smallest absolute Gasteiger partial charge is 0.416 e. The van der Waals surface area contributed by atoms with Crippen molar-refractivity contribution >= 4 is 5.69 Å². The molecule has 2 N–H and O–H groups in total. The predicted molar refractivity (Wildman–Crippen MR) is 67.4 cm³/mol. The molecular weight excluding hydrogens is 259 g/mol. The van der Waals surface area contributed by atoms with Gasteiger partial charge in [0.2, 0.25) is 0 Å². The Morgan fingerprint density at radius 3 is 2.63 bits per heavy atom. The number of aliphatic hydroxyl groups excluding tert-OH is 1. The first-order valence-corrected chi connectivity index (χ1v) is 6.08. The summed E-state index contributed by atoms with van der Waals surface area (Å²) in [6, 6.07) is 6.64. The maximum Gasteiger partial charge on any atom is 0.416 e. The van der Waals surface area contributed by atoms with Crippen LogP contribution in [-0.2, 0) is 0 Å². The lowest BCUT2D eigenvalue weighted by molar-refractivity contribution is -0.198. The van der Waals surface area contributed by atoms with Crippen LogP contribution in [0.5, 0.6) is 5.75 Å². The molecule has 2 atom stereocenters. The molecule has 6 heteroatoms. The van der Waals surface area contributed by atoms with Crippen LogP contribution in [0.25, 0.3) is 0 Å². The largest absolute Gasteiger partial charge is 0.491 e. The number of aliphatic hydroxyl groups is 1. The molecule has 108 valence electrons. The second-order valence-electron chi connectivity index (χ2n) is 4.30. The van der Waals surface area contributed by atoms with E-state index < -0.39 is 18.8 Å². The molecule has 0 aliphatic heterocycles. The Labute approximate surface area is 110 Å². The molecule has 1 rings (SSSR count). The van der Waals surface area contributed by atoms with E-state index >= 15 is 0 Å². The average molecular weight is 277 g/mol. The number of rotatable bonds is 6. The predicted octanol–water partition coefficient (Wildman–Crippen LogP) is 3.20. The summed E-state index contributed by atoms with van der Waals surface area (Å²) >= 11 is 0. The van der Waals surface area contributed by atoms with E-state index in [-0.39, 0.29) is 6.10 Å². The van der Waals surface area contributed by atoms with Crippen molar-refractivity contribution in [1.82, 2.24) is 0 Å². The molecule has 1 aromatic rings. The van der Waals surface area contributed by atoms with E-state index in [0.29, 0.717) is 11.4 Å². The molecule has 0 spiro atoms. The van der Waals surface area contributed by atoms with Gasteiger partial charge in [0.15, 0.2) is 6.10 Å². The lowest BCUT2D eigenvalue weighted by atomic mass is 10.2. The van der Waals surface area contributed by atoms with Crippen molar-refractivity contribution in [2.24, 2.45) is 0 Å². The van der Waals surface area contributed by atoms with Crippen molar-refractivity contribution in [3.05, 3.63) is 24.3 Å². The van der Waals surface area contributed by atoms with E-state index in [2.05, 4.69) is 5.32 Å². The first kappa shape index (κ1) is 15.6. The molecule has 0 bridgehead atoms. The lowest BCUT2D eigenvalue weighted by Crippen LogP contribution is -2.34. The summed E-state index contributed by atoms with van der Waals surface area (Å²) in [6.07, 6.45) is -6.12. The maximum absolute atomic E-state index is 12.1. The average Bonchev–Trinajstić information content (AvgIpc) is 2.35. The molecule has 0 aliphatic rings. The fourth-order valence-corrected chi connectivity index (χ4v) is 1.33. The Balaban J connectivity index is 2.57. The SMILES string of the molecule is CCC(C)Oc1cccc(NCC(O)C(F)(F)F)c1. The van der Waals surface area contributed by atoms with Gasteiger partial charge in [-0.2, -0.15) is 13.2 Å². The van der Waals surface area contributed by atoms with Crippen LogP contribution in [0.3, 0.4) is 0 Å². The van der Waals surface area contributed by atoms with Gasteiger partial charge in [0.1, 0.15) is 5.75 Å². The fraction of sp³-hybridized carbons (Fsp3) is 0.538. The monoisotopic (exact) mass is 277 g/mol. The van der Waals surface area contributed by atoms with E-state index in [4.69, 9.17) is 9.84 Å². The van der Waals surface area contributed by atoms with Gasteiger partial charge < -0.3 is 15.2 Å². The van der Waals surface area contributed by atoms with Gasteiger partial charge in [-0.3, -0.25) is 0 Å². The molecular formula is C13H18F3NO2. The number of nitrogens with one attached hydrogen (secondary N) is 1. The molecule has 0 amide bonds. The summed E-state index contributed by atoms with van der Waals surface area (Å²) in [6.45, 7) is 3.30. The van der Waals surface area contributed by atoms with Gasteiger partial charge in [0.05, 0.1) is 6.10 Å². The van der Waals surface area contributed by atoms with Gasteiger partial charge >= 0.3 is 6.18 Å². The molecule has 0 saturated heterocycles. The van der Waals surface area contributed by atoms with Crippen molar-refractivity contribution in [3.8, 4) is 5.75 Å². The summed E-state index contributed by atoms with van der Waals surface area (Å²) in [5.74, 6) is 0.584. The number of benzene rings is 1. The second kappa shape index (κ2) is 6.65. The van der Waals surface area contributed by atoms with Crippen LogP contribution >= 0.6 is 0 Å². The Kier molecular flexibility index (Phi) is 5.47. The lowest BCUT2D eigenvalue weighted by Gasteiger charge is -2.17. The number of anilines is 1. The van der Waals surface area contributed by atoms with Gasteiger partial charge in [-0.25, -0.2) is 0 Å². The molecule has 0 saturated carbocycles. The zero-order valence-corrected chi connectivity index (χ0v) is 10.9. The van der Waals surface area contributed by atoms with Crippen molar-refractivity contribution in [1.29, 1.82) is 0 Å². The van der Waals surface area contributed by atoms with E-state index in [9.17, 15) is 13.2 Å². The summed E-state index contributed by atoms with van der Waals surface area (Å²) in [7, 11) is 0. The highest BCUT2D eigenvalue weighted by Gasteiger charge is 2.37. The molecule has 0 fully saturated rings. The van der Waals surface area contributed by atoms with Gasteiger partial charge in [0, 0.05) is 18.3 Å². The summed E-state index contributed by atoms with van der Waals surface area (Å²) in [4.78, 5) is 0. The topological polar surface area (TPSA) is 41.5 Å². The van der Waals surface area contributed by atoms with Gasteiger partial charge in [-0.05, 0) is 25.5 Å². The van der Waals surface area contributed by atoms with E-state index in [1.165, 1.54) is 0 Å². The molecule has 3 nitrogen and oxygen atoms in total. The Morgan fingerprint density at radius 1 is 1.37 bits per heavy atom. The third kappa shape index (κ3) is 5.38. The van der Waals surface area contributed by atoms with Crippen LogP contribution in [0.2, 0.25) is 0 Å². The normalized spacial score (nSPS) is 14.8. The van der Waals surface area contributed by atoms with Crippen LogP contribution in [0.1, 0.15) is 20.3 Å². The Bertz CT molecular complexity index is 396. The van der Waals surface area contributed by atoms with E-state index in [1.807, 2.05) is 13.8 Å². The highest BCUT2D eigenvalue weighted by atomic mass is 19.4. The minimum Gasteiger partial charge on any atom is -0.491 e. The minimum absolute atomic E-state index is 0.0380. The number of halogens is 3. The first-order valence-electron chi connectivity index (χ1n) is 6.08. The van der Waals surface area contributed by atoms with E-state index in [1.54, 1.807) is 24.3 Å². The number of alkyl halides is 3. The maximum atomic E-state index is 12.1. The first-order chi connectivity index (χ1) is 8.82. The second-order valence-corrected chi connectivity index (χ2v) is 4.30. The molecule has 1 aromatic carbocycles. The zero-order valence-electron chi connectivity index (χ0n) is 10.9. The molecule has 0 radical (unpaired) electrons. The van der Waals surface area contributed by atoms with Crippen molar-refractivity contribution < 1.29 is 23.0 Å². The van der Waals surface area contributed by atoms with Crippen LogP contribution in [-0.4, -0.2) is 30.0 Å². The van der Waals surface area contributed by atoms with Gasteiger partial charge in [0.25, 0.3) is 0 Å². The van der Waals surface area contributed by atoms with E-state index in [0.717, 1.165) is 6.42 Å².